The SMILES string of the molecule is C#C[C@H]1CN2CC[C@H]1C[C@@H]2CNC(=O)c1ccco1. The smallest absolute Gasteiger partial charge is 0.287 e. The highest BCUT2D eigenvalue weighted by Gasteiger charge is 2.39. The van der Waals surface area contributed by atoms with Crippen molar-refractivity contribution in [1.82, 2.24) is 10.2 Å². The van der Waals surface area contributed by atoms with Gasteiger partial charge in [0.15, 0.2) is 5.76 Å². The zero-order valence-electron chi connectivity index (χ0n) is 10.8. The number of furan rings is 1. The molecular weight excluding hydrogens is 240 g/mol. The Morgan fingerprint density at radius 1 is 1.63 bits per heavy atom. The molecule has 4 atom stereocenters. The lowest BCUT2D eigenvalue weighted by Gasteiger charge is -2.48. The van der Waals surface area contributed by atoms with Crippen molar-refractivity contribution in [2.24, 2.45) is 11.8 Å². The molecule has 1 aromatic heterocycles. The van der Waals surface area contributed by atoms with Gasteiger partial charge in [-0.25, -0.2) is 0 Å². The van der Waals surface area contributed by atoms with Gasteiger partial charge < -0.3 is 9.73 Å². The van der Waals surface area contributed by atoms with Gasteiger partial charge in [0.05, 0.1) is 6.26 Å². The van der Waals surface area contributed by atoms with Crippen LogP contribution in [0.5, 0.6) is 0 Å². The first-order valence-electron chi connectivity index (χ1n) is 6.80. The maximum absolute atomic E-state index is 11.8. The van der Waals surface area contributed by atoms with Crippen molar-refractivity contribution in [3.63, 3.8) is 0 Å². The summed E-state index contributed by atoms with van der Waals surface area (Å²) < 4.78 is 5.08. The van der Waals surface area contributed by atoms with Crippen LogP contribution >= 0.6 is 0 Å². The number of terminal acetylenes is 1. The summed E-state index contributed by atoms with van der Waals surface area (Å²) in [4.78, 5) is 14.2. The predicted molar refractivity (Wildman–Crippen MR) is 71.4 cm³/mol. The monoisotopic (exact) mass is 258 g/mol. The first kappa shape index (κ1) is 12.3. The van der Waals surface area contributed by atoms with Crippen LogP contribution in [-0.2, 0) is 0 Å². The van der Waals surface area contributed by atoms with Crippen molar-refractivity contribution >= 4 is 5.91 Å². The molecule has 3 fully saturated rings. The Morgan fingerprint density at radius 2 is 2.53 bits per heavy atom. The lowest BCUT2D eigenvalue weighted by atomic mass is 9.76. The zero-order valence-corrected chi connectivity index (χ0v) is 10.8. The summed E-state index contributed by atoms with van der Waals surface area (Å²) >= 11 is 0. The minimum atomic E-state index is -0.138. The quantitative estimate of drug-likeness (QED) is 0.833. The number of carbonyl (C=O) groups is 1. The summed E-state index contributed by atoms with van der Waals surface area (Å²) in [5.41, 5.74) is 0. The molecule has 0 radical (unpaired) electrons. The fourth-order valence-electron chi connectivity index (χ4n) is 3.24. The van der Waals surface area contributed by atoms with E-state index < -0.39 is 0 Å². The number of fused-ring (bicyclic) bond motifs is 3. The Bertz CT molecular complexity index is 489. The third kappa shape index (κ3) is 2.39. The summed E-state index contributed by atoms with van der Waals surface area (Å²) in [7, 11) is 0. The van der Waals surface area contributed by atoms with Crippen LogP contribution in [0.25, 0.3) is 0 Å². The summed E-state index contributed by atoms with van der Waals surface area (Å²) in [6, 6.07) is 3.82. The average molecular weight is 258 g/mol. The van der Waals surface area contributed by atoms with Crippen molar-refractivity contribution in [2.45, 2.75) is 18.9 Å². The van der Waals surface area contributed by atoms with Crippen LogP contribution in [0.15, 0.2) is 22.8 Å². The van der Waals surface area contributed by atoms with Crippen LogP contribution in [0.4, 0.5) is 0 Å². The number of piperidine rings is 3. The molecule has 4 rings (SSSR count). The van der Waals surface area contributed by atoms with Gasteiger partial charge in [0.25, 0.3) is 5.91 Å². The van der Waals surface area contributed by atoms with Crippen molar-refractivity contribution in [2.75, 3.05) is 19.6 Å². The van der Waals surface area contributed by atoms with Crippen LogP contribution in [0.2, 0.25) is 0 Å². The Hall–Kier alpha value is -1.73. The van der Waals surface area contributed by atoms with Crippen LogP contribution in [0.3, 0.4) is 0 Å². The number of nitrogens with one attached hydrogen (secondary N) is 1. The van der Waals surface area contributed by atoms with Gasteiger partial charge in [-0.05, 0) is 37.4 Å². The molecule has 1 amide bonds. The van der Waals surface area contributed by atoms with E-state index in [0.29, 0.717) is 30.2 Å². The number of hydrogen-bond donors (Lipinski definition) is 1. The van der Waals surface area contributed by atoms with E-state index in [2.05, 4.69) is 16.1 Å². The Balaban J connectivity index is 1.55. The summed E-state index contributed by atoms with van der Waals surface area (Å²) in [6.45, 7) is 2.75. The van der Waals surface area contributed by atoms with Crippen LogP contribution in [0.1, 0.15) is 23.4 Å². The Labute approximate surface area is 113 Å². The summed E-state index contributed by atoms with van der Waals surface area (Å²) in [5.74, 6) is 4.15. The predicted octanol–water partition coefficient (Wildman–Crippen LogP) is 1.35. The van der Waals surface area contributed by atoms with E-state index in [-0.39, 0.29) is 5.91 Å². The molecule has 1 unspecified atom stereocenters. The van der Waals surface area contributed by atoms with Gasteiger partial charge >= 0.3 is 0 Å². The van der Waals surface area contributed by atoms with E-state index in [1.807, 2.05) is 0 Å². The molecule has 0 aliphatic carbocycles. The minimum Gasteiger partial charge on any atom is -0.459 e. The molecule has 4 nitrogen and oxygen atoms in total. The van der Waals surface area contributed by atoms with Crippen molar-refractivity contribution in [3.05, 3.63) is 24.2 Å². The lowest BCUT2D eigenvalue weighted by Crippen LogP contribution is -2.56. The third-order valence-corrected chi connectivity index (χ3v) is 4.34. The van der Waals surface area contributed by atoms with Gasteiger partial charge in [0.2, 0.25) is 0 Å². The number of carbonyl (C=O) groups excluding carboxylic acids is 1. The second-order valence-corrected chi connectivity index (χ2v) is 5.39. The number of nitrogens with zero attached hydrogens (tertiary/aromatic N) is 1. The minimum absolute atomic E-state index is 0.138. The van der Waals surface area contributed by atoms with Gasteiger partial charge in [-0.1, -0.05) is 0 Å². The van der Waals surface area contributed by atoms with Crippen LogP contribution in [0, 0.1) is 24.2 Å². The van der Waals surface area contributed by atoms with Crippen LogP contribution in [-0.4, -0.2) is 36.5 Å². The highest BCUT2D eigenvalue weighted by atomic mass is 16.3. The largest absolute Gasteiger partial charge is 0.459 e. The summed E-state index contributed by atoms with van der Waals surface area (Å²) in [5, 5.41) is 2.95. The number of hydrogen-bond acceptors (Lipinski definition) is 3. The molecule has 1 N–H and O–H groups in total. The Kier molecular flexibility index (Phi) is 3.31. The normalized spacial score (nSPS) is 32.8. The molecule has 3 aliphatic rings. The van der Waals surface area contributed by atoms with Crippen LogP contribution < -0.4 is 5.32 Å². The van der Waals surface area contributed by atoms with Gasteiger partial charge in [-0.3, -0.25) is 9.69 Å². The van der Waals surface area contributed by atoms with E-state index in [9.17, 15) is 4.79 Å². The average Bonchev–Trinajstić information content (AvgIpc) is 2.99. The van der Waals surface area contributed by atoms with E-state index in [0.717, 1.165) is 19.5 Å². The van der Waals surface area contributed by atoms with Crippen molar-refractivity contribution in [3.8, 4) is 12.3 Å². The topological polar surface area (TPSA) is 45.5 Å². The highest BCUT2D eigenvalue weighted by molar-refractivity contribution is 5.91. The maximum Gasteiger partial charge on any atom is 0.287 e. The molecule has 100 valence electrons. The fraction of sp³-hybridized carbons (Fsp3) is 0.533. The van der Waals surface area contributed by atoms with Gasteiger partial charge in [0, 0.05) is 25.0 Å². The molecule has 19 heavy (non-hydrogen) atoms. The van der Waals surface area contributed by atoms with E-state index in [4.69, 9.17) is 10.8 Å². The van der Waals surface area contributed by atoms with Crippen molar-refractivity contribution < 1.29 is 9.21 Å². The Morgan fingerprint density at radius 3 is 3.16 bits per heavy atom. The van der Waals surface area contributed by atoms with Crippen molar-refractivity contribution in [1.29, 1.82) is 0 Å². The zero-order chi connectivity index (χ0) is 13.2. The molecule has 3 aliphatic heterocycles. The molecule has 0 spiro atoms. The lowest BCUT2D eigenvalue weighted by molar-refractivity contribution is 0.0226. The second kappa shape index (κ2) is 5.10. The van der Waals surface area contributed by atoms with Gasteiger partial charge in [-0.2, -0.15) is 0 Å². The molecule has 0 saturated carbocycles. The summed E-state index contributed by atoms with van der Waals surface area (Å²) in [6.07, 6.45) is 9.36. The van der Waals surface area contributed by atoms with Gasteiger partial charge in [0.1, 0.15) is 0 Å². The molecule has 3 saturated heterocycles. The number of amides is 1. The van der Waals surface area contributed by atoms with Gasteiger partial charge in [-0.15, -0.1) is 12.3 Å². The second-order valence-electron chi connectivity index (χ2n) is 5.39. The maximum atomic E-state index is 11.8. The molecule has 1 aromatic rings. The number of rotatable bonds is 3. The molecular formula is C15H18N2O2. The van der Waals surface area contributed by atoms with E-state index in [1.54, 1.807) is 12.1 Å². The fourth-order valence-corrected chi connectivity index (χ4v) is 3.24. The third-order valence-electron chi connectivity index (χ3n) is 4.34. The molecule has 2 bridgehead atoms. The molecule has 4 heteroatoms. The first-order valence-corrected chi connectivity index (χ1v) is 6.80. The molecule has 0 aromatic carbocycles. The highest BCUT2D eigenvalue weighted by Crippen LogP contribution is 2.35. The standard InChI is InChI=1S/C15H18N2O2/c1-2-11-10-17-6-5-12(11)8-13(17)9-16-15(18)14-4-3-7-19-14/h1,3-4,7,11-13H,5-6,8-10H2,(H,16,18)/t11-,12-,13+/m0/s1. The van der Waals surface area contributed by atoms with E-state index >= 15 is 0 Å². The first-order chi connectivity index (χ1) is 9.28. The molecule has 4 heterocycles. The van der Waals surface area contributed by atoms with E-state index in [1.165, 1.54) is 12.7 Å².